The Morgan fingerprint density at radius 1 is 1.13 bits per heavy atom. The molecule has 2 unspecified atom stereocenters. The van der Waals surface area contributed by atoms with Gasteiger partial charge in [0.15, 0.2) is 5.78 Å². The van der Waals surface area contributed by atoms with Gasteiger partial charge in [0, 0.05) is 31.5 Å². The van der Waals surface area contributed by atoms with Gasteiger partial charge in [-0.2, -0.15) is 0 Å². The number of benzene rings is 1. The third-order valence-electron chi connectivity index (χ3n) is 3.83. The summed E-state index contributed by atoms with van der Waals surface area (Å²) in [5, 5.41) is 0. The minimum Gasteiger partial charge on any atom is -0.494 e. The third kappa shape index (κ3) is 5.06. The molecule has 1 aromatic rings. The van der Waals surface area contributed by atoms with Gasteiger partial charge in [0.1, 0.15) is 5.75 Å². The van der Waals surface area contributed by atoms with E-state index in [2.05, 4.69) is 0 Å². The molecule has 1 saturated heterocycles. The molecule has 1 aromatic carbocycles. The molecular weight excluding hydrogens is 294 g/mol. The number of ether oxygens (including phenoxy) is 2. The SMILES string of the molecule is CCOc1ccc(C(=O)CCC(=O)N2CC(C)OC(C)C2)cc1. The number of hydrogen-bond donors (Lipinski definition) is 0. The highest BCUT2D eigenvalue weighted by Gasteiger charge is 2.25. The highest BCUT2D eigenvalue weighted by Crippen LogP contribution is 2.16. The van der Waals surface area contributed by atoms with E-state index in [-0.39, 0.29) is 36.7 Å². The minimum absolute atomic E-state index is 0.0178. The first kappa shape index (κ1) is 17.5. The van der Waals surface area contributed by atoms with E-state index in [1.165, 1.54) is 0 Å². The van der Waals surface area contributed by atoms with Crippen molar-refractivity contribution in [3.8, 4) is 5.75 Å². The topological polar surface area (TPSA) is 55.8 Å². The maximum absolute atomic E-state index is 12.3. The number of carbonyl (C=O) groups is 2. The summed E-state index contributed by atoms with van der Waals surface area (Å²) in [7, 11) is 0. The first-order valence-corrected chi connectivity index (χ1v) is 8.19. The van der Waals surface area contributed by atoms with E-state index >= 15 is 0 Å². The normalized spacial score (nSPS) is 21.1. The van der Waals surface area contributed by atoms with Crippen LogP contribution in [0.15, 0.2) is 24.3 Å². The fourth-order valence-corrected chi connectivity index (χ4v) is 2.81. The van der Waals surface area contributed by atoms with Gasteiger partial charge in [-0.1, -0.05) is 0 Å². The zero-order valence-electron chi connectivity index (χ0n) is 14.1. The lowest BCUT2D eigenvalue weighted by Crippen LogP contribution is -2.48. The van der Waals surface area contributed by atoms with Crippen molar-refractivity contribution in [1.82, 2.24) is 4.90 Å². The van der Waals surface area contributed by atoms with Crippen molar-refractivity contribution in [3.63, 3.8) is 0 Å². The van der Waals surface area contributed by atoms with Gasteiger partial charge in [-0.05, 0) is 45.0 Å². The lowest BCUT2D eigenvalue weighted by Gasteiger charge is -2.35. The van der Waals surface area contributed by atoms with Crippen molar-refractivity contribution in [3.05, 3.63) is 29.8 Å². The van der Waals surface area contributed by atoms with Crippen LogP contribution >= 0.6 is 0 Å². The number of amides is 1. The molecule has 0 spiro atoms. The maximum Gasteiger partial charge on any atom is 0.223 e. The molecule has 1 fully saturated rings. The summed E-state index contributed by atoms with van der Waals surface area (Å²) in [5.41, 5.74) is 0.616. The number of rotatable bonds is 6. The fourth-order valence-electron chi connectivity index (χ4n) is 2.81. The Labute approximate surface area is 137 Å². The number of nitrogens with zero attached hydrogens (tertiary/aromatic N) is 1. The summed E-state index contributed by atoms with van der Waals surface area (Å²) in [6.45, 7) is 7.62. The number of ketones is 1. The van der Waals surface area contributed by atoms with Crippen LogP contribution < -0.4 is 4.74 Å². The van der Waals surface area contributed by atoms with Crippen LogP contribution in [0, 0.1) is 0 Å². The zero-order valence-corrected chi connectivity index (χ0v) is 14.1. The number of hydrogen-bond acceptors (Lipinski definition) is 4. The summed E-state index contributed by atoms with van der Waals surface area (Å²) in [6.07, 6.45) is 0.562. The largest absolute Gasteiger partial charge is 0.494 e. The highest BCUT2D eigenvalue weighted by atomic mass is 16.5. The second-order valence-corrected chi connectivity index (χ2v) is 5.94. The standard InChI is InChI=1S/C18H25NO4/c1-4-22-16-7-5-15(6-8-16)17(20)9-10-18(21)19-11-13(2)23-14(3)12-19/h5-8,13-14H,4,9-12H2,1-3H3. The first-order valence-electron chi connectivity index (χ1n) is 8.19. The number of carbonyl (C=O) groups excluding carboxylic acids is 2. The van der Waals surface area contributed by atoms with E-state index in [0.717, 1.165) is 5.75 Å². The Kier molecular flexibility index (Phi) is 6.16. The van der Waals surface area contributed by atoms with Gasteiger partial charge in [0.2, 0.25) is 5.91 Å². The molecule has 1 heterocycles. The van der Waals surface area contributed by atoms with Gasteiger partial charge < -0.3 is 14.4 Å². The van der Waals surface area contributed by atoms with Crippen molar-refractivity contribution in [2.45, 2.75) is 45.8 Å². The average Bonchev–Trinajstić information content (AvgIpc) is 2.52. The Hall–Kier alpha value is -1.88. The van der Waals surface area contributed by atoms with Crippen LogP contribution in [0.4, 0.5) is 0 Å². The Balaban J connectivity index is 1.84. The smallest absolute Gasteiger partial charge is 0.223 e. The van der Waals surface area contributed by atoms with Crippen LogP contribution in [0.1, 0.15) is 44.0 Å². The molecular formula is C18H25NO4. The van der Waals surface area contributed by atoms with Crippen LogP contribution in [-0.2, 0) is 9.53 Å². The van der Waals surface area contributed by atoms with Crippen LogP contribution in [-0.4, -0.2) is 48.5 Å². The van der Waals surface area contributed by atoms with Crippen molar-refractivity contribution in [1.29, 1.82) is 0 Å². The Bertz CT molecular complexity index is 530. The van der Waals surface area contributed by atoms with Crippen molar-refractivity contribution in [2.75, 3.05) is 19.7 Å². The van der Waals surface area contributed by atoms with Crippen molar-refractivity contribution < 1.29 is 19.1 Å². The molecule has 1 aliphatic rings. The van der Waals surface area contributed by atoms with Crippen LogP contribution in [0.3, 0.4) is 0 Å². The molecule has 23 heavy (non-hydrogen) atoms. The molecule has 5 nitrogen and oxygen atoms in total. The first-order chi connectivity index (χ1) is 11.0. The predicted molar refractivity (Wildman–Crippen MR) is 87.8 cm³/mol. The van der Waals surface area contributed by atoms with Gasteiger partial charge in [0.05, 0.1) is 18.8 Å². The summed E-state index contributed by atoms with van der Waals surface area (Å²) < 4.78 is 11.0. The molecule has 0 saturated carbocycles. The lowest BCUT2D eigenvalue weighted by atomic mass is 10.1. The zero-order chi connectivity index (χ0) is 16.8. The Morgan fingerprint density at radius 2 is 1.74 bits per heavy atom. The Morgan fingerprint density at radius 3 is 2.30 bits per heavy atom. The summed E-state index contributed by atoms with van der Waals surface area (Å²) >= 11 is 0. The number of Topliss-reactive ketones (excluding diaryl/α,β-unsaturated/α-hetero) is 1. The average molecular weight is 319 g/mol. The molecule has 0 N–H and O–H groups in total. The second-order valence-electron chi connectivity index (χ2n) is 5.94. The summed E-state index contributed by atoms with van der Waals surface area (Å²) in [6, 6.07) is 7.06. The van der Waals surface area contributed by atoms with Gasteiger partial charge >= 0.3 is 0 Å². The van der Waals surface area contributed by atoms with E-state index in [1.54, 1.807) is 29.2 Å². The van der Waals surface area contributed by atoms with E-state index in [9.17, 15) is 9.59 Å². The van der Waals surface area contributed by atoms with E-state index in [1.807, 2.05) is 20.8 Å². The molecule has 1 aliphatic heterocycles. The predicted octanol–water partition coefficient (Wildman–Crippen LogP) is 2.68. The maximum atomic E-state index is 12.3. The highest BCUT2D eigenvalue weighted by molar-refractivity contribution is 5.98. The monoisotopic (exact) mass is 319 g/mol. The quantitative estimate of drug-likeness (QED) is 0.757. The van der Waals surface area contributed by atoms with Crippen LogP contribution in [0.25, 0.3) is 0 Å². The fraction of sp³-hybridized carbons (Fsp3) is 0.556. The lowest BCUT2D eigenvalue weighted by molar-refractivity contribution is -0.143. The van der Waals surface area contributed by atoms with Crippen molar-refractivity contribution in [2.24, 2.45) is 0 Å². The molecule has 5 heteroatoms. The van der Waals surface area contributed by atoms with Crippen molar-refractivity contribution >= 4 is 11.7 Å². The molecule has 126 valence electrons. The molecule has 0 aromatic heterocycles. The van der Waals surface area contributed by atoms with Gasteiger partial charge in [-0.25, -0.2) is 0 Å². The molecule has 1 amide bonds. The van der Waals surface area contributed by atoms with E-state index in [4.69, 9.17) is 9.47 Å². The van der Waals surface area contributed by atoms with E-state index < -0.39 is 0 Å². The molecule has 0 radical (unpaired) electrons. The second kappa shape index (κ2) is 8.11. The van der Waals surface area contributed by atoms with E-state index in [0.29, 0.717) is 25.3 Å². The molecule has 0 aliphatic carbocycles. The minimum atomic E-state index is -0.0178. The van der Waals surface area contributed by atoms with Crippen LogP contribution in [0.5, 0.6) is 5.75 Å². The third-order valence-corrected chi connectivity index (χ3v) is 3.83. The summed E-state index contributed by atoms with van der Waals surface area (Å²) in [5.74, 6) is 0.749. The summed E-state index contributed by atoms with van der Waals surface area (Å²) in [4.78, 5) is 26.3. The van der Waals surface area contributed by atoms with Gasteiger partial charge in [0.25, 0.3) is 0 Å². The molecule has 2 rings (SSSR count). The van der Waals surface area contributed by atoms with Crippen LogP contribution in [0.2, 0.25) is 0 Å². The number of morpholine rings is 1. The van der Waals surface area contributed by atoms with Gasteiger partial charge in [-0.15, -0.1) is 0 Å². The molecule has 2 atom stereocenters. The van der Waals surface area contributed by atoms with Gasteiger partial charge in [-0.3, -0.25) is 9.59 Å². The molecule has 0 bridgehead atoms.